The number of anilines is 3. The van der Waals surface area contributed by atoms with Crippen LogP contribution in [0.3, 0.4) is 0 Å². The SMILES string of the molecule is CCCCC1(CCCC)CN(c2ccccc2)c2cc(N(C)C)c(OCC(=O)O)cc2S(O)(O)C1. The predicted octanol–water partition coefficient (Wildman–Crippen LogP) is 6.84. The highest BCUT2D eigenvalue weighted by molar-refractivity contribution is 8.24. The van der Waals surface area contributed by atoms with Crippen LogP contribution < -0.4 is 14.5 Å². The second kappa shape index (κ2) is 11.5. The number of nitrogens with zero attached hydrogens (tertiary/aromatic N) is 2. The van der Waals surface area contributed by atoms with Gasteiger partial charge in [-0.05, 0) is 31.0 Å². The van der Waals surface area contributed by atoms with Gasteiger partial charge in [-0.3, -0.25) is 9.11 Å². The van der Waals surface area contributed by atoms with Gasteiger partial charge < -0.3 is 19.6 Å². The van der Waals surface area contributed by atoms with E-state index >= 15 is 0 Å². The van der Waals surface area contributed by atoms with Gasteiger partial charge in [0.15, 0.2) is 6.61 Å². The van der Waals surface area contributed by atoms with Crippen molar-refractivity contribution in [1.29, 1.82) is 0 Å². The van der Waals surface area contributed by atoms with E-state index in [2.05, 4.69) is 30.9 Å². The number of fused-ring (bicyclic) bond motifs is 1. The number of carboxylic acids is 1. The fraction of sp³-hybridized carbons (Fsp3) is 0.519. The Bertz CT molecular complexity index is 989. The molecule has 0 saturated heterocycles. The van der Waals surface area contributed by atoms with E-state index in [1.807, 2.05) is 43.3 Å². The molecule has 1 aliphatic rings. The summed E-state index contributed by atoms with van der Waals surface area (Å²) in [6, 6.07) is 13.6. The van der Waals surface area contributed by atoms with Crippen LogP contribution in [0.4, 0.5) is 17.1 Å². The molecule has 2 aromatic carbocycles. The predicted molar refractivity (Wildman–Crippen MR) is 145 cm³/mol. The minimum atomic E-state index is -3.18. The van der Waals surface area contributed by atoms with Gasteiger partial charge in [-0.2, -0.15) is 10.6 Å². The molecule has 3 rings (SSSR count). The molecule has 2 aromatic rings. The van der Waals surface area contributed by atoms with E-state index in [9.17, 15) is 19.0 Å². The second-order valence-corrected chi connectivity index (χ2v) is 11.9. The Morgan fingerprint density at radius 1 is 1.09 bits per heavy atom. The van der Waals surface area contributed by atoms with Crippen molar-refractivity contribution in [1.82, 2.24) is 0 Å². The van der Waals surface area contributed by atoms with E-state index in [0.29, 0.717) is 22.9 Å². The smallest absolute Gasteiger partial charge is 0.341 e. The lowest BCUT2D eigenvalue weighted by molar-refractivity contribution is -0.139. The molecule has 7 nitrogen and oxygen atoms in total. The fourth-order valence-electron chi connectivity index (χ4n) is 4.96. The highest BCUT2D eigenvalue weighted by Gasteiger charge is 2.42. The average molecular weight is 505 g/mol. The van der Waals surface area contributed by atoms with Crippen LogP contribution in [-0.4, -0.2) is 53.2 Å². The normalized spacial score (nSPS) is 17.3. The van der Waals surface area contributed by atoms with E-state index in [1.165, 1.54) is 0 Å². The number of para-hydroxylation sites is 1. The molecule has 0 bridgehead atoms. The van der Waals surface area contributed by atoms with Crippen molar-refractivity contribution in [3.63, 3.8) is 0 Å². The molecule has 0 aromatic heterocycles. The Balaban J connectivity index is 2.24. The summed E-state index contributed by atoms with van der Waals surface area (Å²) in [5, 5.41) is 9.17. The molecule has 0 aliphatic carbocycles. The maximum Gasteiger partial charge on any atom is 0.341 e. The Morgan fingerprint density at radius 3 is 2.26 bits per heavy atom. The van der Waals surface area contributed by atoms with Gasteiger partial charge in [-0.15, -0.1) is 0 Å². The lowest BCUT2D eigenvalue weighted by atomic mass is 9.79. The van der Waals surface area contributed by atoms with Gasteiger partial charge in [-0.1, -0.05) is 57.7 Å². The first-order valence-corrected chi connectivity index (χ1v) is 14.1. The minimum Gasteiger partial charge on any atom is -0.480 e. The molecule has 0 amide bonds. The van der Waals surface area contributed by atoms with Crippen LogP contribution in [0, 0.1) is 5.41 Å². The topological polar surface area (TPSA) is 93.5 Å². The molecule has 194 valence electrons. The quantitative estimate of drug-likeness (QED) is 0.308. The van der Waals surface area contributed by atoms with Crippen molar-refractivity contribution in [2.45, 2.75) is 57.3 Å². The van der Waals surface area contributed by atoms with Gasteiger partial charge in [0.2, 0.25) is 0 Å². The Kier molecular flexibility index (Phi) is 8.96. The molecule has 0 fully saturated rings. The first kappa shape index (κ1) is 27.2. The van der Waals surface area contributed by atoms with Crippen LogP contribution in [0.25, 0.3) is 0 Å². The Morgan fingerprint density at radius 2 is 1.71 bits per heavy atom. The number of ether oxygens (including phenoxy) is 1. The first-order valence-electron chi connectivity index (χ1n) is 12.4. The molecule has 8 heteroatoms. The lowest BCUT2D eigenvalue weighted by Gasteiger charge is -2.42. The monoisotopic (exact) mass is 504 g/mol. The molecular formula is C27H40N2O5S. The van der Waals surface area contributed by atoms with Crippen LogP contribution in [0.15, 0.2) is 47.4 Å². The maximum atomic E-state index is 11.7. The zero-order chi connectivity index (χ0) is 25.6. The first-order chi connectivity index (χ1) is 16.6. The Hall–Kier alpha value is -2.42. The summed E-state index contributed by atoms with van der Waals surface area (Å²) in [5.41, 5.74) is 2.15. The molecule has 0 unspecified atom stereocenters. The van der Waals surface area contributed by atoms with E-state index < -0.39 is 23.2 Å². The summed E-state index contributed by atoms with van der Waals surface area (Å²) in [6.07, 6.45) is 5.97. The number of carboxylic acid groups (broad SMARTS) is 1. The van der Waals surface area contributed by atoms with Gasteiger partial charge in [0.05, 0.1) is 16.3 Å². The molecule has 3 N–H and O–H groups in total. The number of rotatable bonds is 11. The summed E-state index contributed by atoms with van der Waals surface area (Å²) in [4.78, 5) is 15.7. The van der Waals surface area contributed by atoms with Crippen molar-refractivity contribution >= 4 is 33.6 Å². The molecule has 0 saturated carbocycles. The number of benzene rings is 2. The number of hydrogen-bond acceptors (Lipinski definition) is 6. The summed E-state index contributed by atoms with van der Waals surface area (Å²) in [7, 11) is 0.551. The third kappa shape index (κ3) is 6.42. The number of aliphatic carboxylic acids is 1. The number of hydrogen-bond donors (Lipinski definition) is 3. The lowest BCUT2D eigenvalue weighted by Crippen LogP contribution is -2.37. The van der Waals surface area contributed by atoms with E-state index in [-0.39, 0.29) is 11.2 Å². The van der Waals surface area contributed by atoms with Crippen molar-refractivity contribution in [3.8, 4) is 5.75 Å². The van der Waals surface area contributed by atoms with Gasteiger partial charge in [-0.25, -0.2) is 4.79 Å². The Labute approximate surface area is 211 Å². The highest BCUT2D eigenvalue weighted by Crippen LogP contribution is 2.62. The van der Waals surface area contributed by atoms with Gasteiger partial charge in [0, 0.05) is 43.6 Å². The summed E-state index contributed by atoms with van der Waals surface area (Å²) in [6.45, 7) is 4.52. The zero-order valence-electron chi connectivity index (χ0n) is 21.4. The summed E-state index contributed by atoms with van der Waals surface area (Å²) < 4.78 is 28.9. The molecule has 0 atom stereocenters. The van der Waals surface area contributed by atoms with Crippen LogP contribution >= 0.6 is 10.6 Å². The van der Waals surface area contributed by atoms with E-state index in [4.69, 9.17) is 4.74 Å². The fourth-order valence-corrected chi connectivity index (χ4v) is 7.15. The largest absolute Gasteiger partial charge is 0.480 e. The van der Waals surface area contributed by atoms with Crippen LogP contribution in [0.5, 0.6) is 5.75 Å². The third-order valence-electron chi connectivity index (χ3n) is 6.71. The van der Waals surface area contributed by atoms with Gasteiger partial charge in [0.1, 0.15) is 5.75 Å². The highest BCUT2D eigenvalue weighted by atomic mass is 32.3. The van der Waals surface area contributed by atoms with Crippen LogP contribution in [0.1, 0.15) is 52.4 Å². The molecule has 1 aliphatic heterocycles. The van der Waals surface area contributed by atoms with Crippen molar-refractivity contribution < 1.29 is 23.7 Å². The third-order valence-corrected chi connectivity index (χ3v) is 8.75. The van der Waals surface area contributed by atoms with Crippen LogP contribution in [0.2, 0.25) is 0 Å². The van der Waals surface area contributed by atoms with Gasteiger partial charge >= 0.3 is 5.97 Å². The second-order valence-electron chi connectivity index (χ2n) is 9.80. The summed E-state index contributed by atoms with van der Waals surface area (Å²) >= 11 is 0. The molecule has 0 spiro atoms. The molecule has 0 radical (unpaired) electrons. The number of carbonyl (C=O) groups is 1. The van der Waals surface area contributed by atoms with E-state index in [0.717, 1.165) is 49.9 Å². The van der Waals surface area contributed by atoms with Crippen LogP contribution in [-0.2, 0) is 4.79 Å². The van der Waals surface area contributed by atoms with Crippen molar-refractivity contribution in [2.75, 3.05) is 42.8 Å². The van der Waals surface area contributed by atoms with Crippen molar-refractivity contribution in [3.05, 3.63) is 42.5 Å². The molecule has 35 heavy (non-hydrogen) atoms. The molecule has 1 heterocycles. The van der Waals surface area contributed by atoms with Gasteiger partial charge in [0.25, 0.3) is 0 Å². The maximum absolute atomic E-state index is 11.7. The standard InChI is InChI=1S/C27H40N2O5S/c1-5-7-14-27(15-8-6-2)19-29(21-12-10-9-11-13-21)23-16-22(28(3)4)24(34-18-26(30)31)17-25(23)35(32,33)20-27/h9-13,16-17,32-33H,5-8,14-15,18-20H2,1-4H3,(H,30,31). The van der Waals surface area contributed by atoms with E-state index in [1.54, 1.807) is 6.07 Å². The molecular weight excluding hydrogens is 464 g/mol. The van der Waals surface area contributed by atoms with Crippen molar-refractivity contribution in [2.24, 2.45) is 5.41 Å². The minimum absolute atomic E-state index is 0.264. The average Bonchev–Trinajstić information content (AvgIpc) is 2.92. The summed E-state index contributed by atoms with van der Waals surface area (Å²) in [5.74, 6) is -0.463. The zero-order valence-corrected chi connectivity index (χ0v) is 22.2. The number of unbranched alkanes of at least 4 members (excludes halogenated alkanes) is 2.